The second-order valence-electron chi connectivity index (χ2n) is 6.92. The van der Waals surface area contributed by atoms with E-state index in [1.807, 2.05) is 17.9 Å². The Kier molecular flexibility index (Phi) is 4.51. The average Bonchev–Trinajstić information content (AvgIpc) is 3.29. The first-order chi connectivity index (χ1) is 13.0. The highest BCUT2D eigenvalue weighted by molar-refractivity contribution is 7.90. The van der Waals surface area contributed by atoms with Gasteiger partial charge in [0.25, 0.3) is 10.0 Å². The molecule has 2 atom stereocenters. The van der Waals surface area contributed by atoms with Gasteiger partial charge in [-0.3, -0.25) is 4.79 Å². The summed E-state index contributed by atoms with van der Waals surface area (Å²) in [6, 6.07) is 10.2. The summed E-state index contributed by atoms with van der Waals surface area (Å²) in [6.45, 7) is 3.00. The number of sulfonamides is 1. The van der Waals surface area contributed by atoms with Gasteiger partial charge in [-0.15, -0.1) is 4.40 Å². The van der Waals surface area contributed by atoms with Gasteiger partial charge in [0.2, 0.25) is 5.91 Å². The van der Waals surface area contributed by atoms with Crippen LogP contribution in [0.4, 0.5) is 0 Å². The number of amides is 1. The highest BCUT2D eigenvalue weighted by Crippen LogP contribution is 2.30. The number of furan rings is 1. The number of carbonyl (C=O) groups excluding carboxylic acids is 1. The molecule has 0 spiro atoms. The molecule has 142 valence electrons. The van der Waals surface area contributed by atoms with Crippen LogP contribution < -0.4 is 5.32 Å². The predicted molar refractivity (Wildman–Crippen MR) is 99.7 cm³/mol. The molecule has 2 aromatic rings. The van der Waals surface area contributed by atoms with Crippen molar-refractivity contribution in [3.8, 4) is 0 Å². The molecule has 1 amide bonds. The van der Waals surface area contributed by atoms with Gasteiger partial charge in [-0.05, 0) is 44.0 Å². The maximum atomic E-state index is 12.7. The molecular weight excluding hydrogens is 366 g/mol. The quantitative estimate of drug-likeness (QED) is 0.873. The molecule has 1 N–H and O–H groups in total. The van der Waals surface area contributed by atoms with E-state index in [1.165, 1.54) is 0 Å². The van der Waals surface area contributed by atoms with Crippen molar-refractivity contribution in [2.45, 2.75) is 30.7 Å². The normalized spacial score (nSPS) is 22.0. The minimum atomic E-state index is -3.66. The van der Waals surface area contributed by atoms with Crippen molar-refractivity contribution in [1.29, 1.82) is 0 Å². The van der Waals surface area contributed by atoms with E-state index in [1.54, 1.807) is 36.6 Å². The number of benzene rings is 1. The summed E-state index contributed by atoms with van der Waals surface area (Å²) in [4.78, 5) is 14.8. The number of nitrogens with zero attached hydrogens (tertiary/aromatic N) is 2. The van der Waals surface area contributed by atoms with Gasteiger partial charge in [-0.1, -0.05) is 12.1 Å². The molecule has 27 heavy (non-hydrogen) atoms. The molecule has 2 aliphatic heterocycles. The molecule has 1 saturated heterocycles. The van der Waals surface area contributed by atoms with E-state index < -0.39 is 10.0 Å². The lowest BCUT2D eigenvalue weighted by molar-refractivity contribution is -0.127. The van der Waals surface area contributed by atoms with Crippen LogP contribution in [-0.4, -0.2) is 38.2 Å². The minimum Gasteiger partial charge on any atom is -0.467 e. The number of likely N-dealkylation sites (tertiary alicyclic amines) is 1. The second-order valence-corrected chi connectivity index (χ2v) is 8.49. The summed E-state index contributed by atoms with van der Waals surface area (Å²) in [6.07, 6.45) is 3.14. The van der Waals surface area contributed by atoms with Gasteiger partial charge in [-0.2, -0.15) is 8.42 Å². The Balaban J connectivity index is 1.50. The van der Waals surface area contributed by atoms with Crippen LogP contribution in [0.25, 0.3) is 0 Å². The standard InChI is InChI=1S/C19H21N3O4S/c1-13(16-8-5-11-26-16)20-19(23)14-6-4-10-22(12-14)18-15-7-2-3-9-17(15)27(24,25)21-18/h2-3,5,7-9,11,13-14H,4,6,10,12H2,1H3,(H,20,23)/t13-,14-/m0/s1. The lowest BCUT2D eigenvalue weighted by Crippen LogP contribution is -2.45. The zero-order valence-corrected chi connectivity index (χ0v) is 15.8. The Hall–Kier alpha value is -2.61. The third kappa shape index (κ3) is 3.37. The van der Waals surface area contributed by atoms with Crippen LogP contribution >= 0.6 is 0 Å². The molecule has 0 saturated carbocycles. The first-order valence-electron chi connectivity index (χ1n) is 8.99. The maximum absolute atomic E-state index is 12.7. The van der Waals surface area contributed by atoms with E-state index in [9.17, 15) is 13.2 Å². The number of carbonyl (C=O) groups is 1. The van der Waals surface area contributed by atoms with Gasteiger partial charge >= 0.3 is 0 Å². The van der Waals surface area contributed by atoms with E-state index in [0.29, 0.717) is 30.2 Å². The fraction of sp³-hybridized carbons (Fsp3) is 0.368. The molecule has 3 heterocycles. The van der Waals surface area contributed by atoms with E-state index in [-0.39, 0.29) is 22.8 Å². The van der Waals surface area contributed by atoms with Gasteiger partial charge in [0, 0.05) is 18.7 Å². The summed E-state index contributed by atoms with van der Waals surface area (Å²) in [5.74, 6) is 0.867. The number of hydrogen-bond donors (Lipinski definition) is 1. The van der Waals surface area contributed by atoms with Crippen molar-refractivity contribution >= 4 is 21.8 Å². The molecule has 0 aliphatic carbocycles. The third-order valence-electron chi connectivity index (χ3n) is 5.03. The van der Waals surface area contributed by atoms with E-state index in [4.69, 9.17) is 4.42 Å². The van der Waals surface area contributed by atoms with Crippen LogP contribution in [0.3, 0.4) is 0 Å². The second kappa shape index (κ2) is 6.84. The predicted octanol–water partition coefficient (Wildman–Crippen LogP) is 2.32. The van der Waals surface area contributed by atoms with Gasteiger partial charge in [-0.25, -0.2) is 0 Å². The zero-order chi connectivity index (χ0) is 19.0. The number of fused-ring (bicyclic) bond motifs is 1. The monoisotopic (exact) mass is 387 g/mol. The molecule has 0 unspecified atom stereocenters. The minimum absolute atomic E-state index is 0.0571. The number of amidine groups is 1. The highest BCUT2D eigenvalue weighted by atomic mass is 32.2. The van der Waals surface area contributed by atoms with Gasteiger partial charge in [0.1, 0.15) is 10.7 Å². The number of rotatable bonds is 3. The van der Waals surface area contributed by atoms with Crippen LogP contribution in [0, 0.1) is 5.92 Å². The van der Waals surface area contributed by atoms with Crippen molar-refractivity contribution in [3.63, 3.8) is 0 Å². The Bertz CT molecular complexity index is 982. The van der Waals surface area contributed by atoms with Crippen LogP contribution in [0.15, 0.2) is 56.4 Å². The first kappa shape index (κ1) is 17.8. The topological polar surface area (TPSA) is 92.0 Å². The Labute approximate surface area is 158 Å². The van der Waals surface area contributed by atoms with Crippen LogP contribution in [-0.2, 0) is 14.8 Å². The lowest BCUT2D eigenvalue weighted by atomic mass is 9.96. The summed E-state index contributed by atoms with van der Waals surface area (Å²) >= 11 is 0. The van der Waals surface area contributed by atoms with Gasteiger partial charge < -0.3 is 14.6 Å². The molecule has 1 aromatic heterocycles. The molecular formula is C19H21N3O4S. The van der Waals surface area contributed by atoms with Crippen LogP contribution in [0.2, 0.25) is 0 Å². The Morgan fingerprint density at radius 2 is 2.11 bits per heavy atom. The fourth-order valence-electron chi connectivity index (χ4n) is 3.64. The summed E-state index contributed by atoms with van der Waals surface area (Å²) in [5.41, 5.74) is 0.613. The fourth-order valence-corrected chi connectivity index (χ4v) is 4.87. The smallest absolute Gasteiger partial charge is 0.285 e. The first-order valence-corrected chi connectivity index (χ1v) is 10.4. The largest absolute Gasteiger partial charge is 0.467 e. The lowest BCUT2D eigenvalue weighted by Gasteiger charge is -2.33. The van der Waals surface area contributed by atoms with Crippen LogP contribution in [0.1, 0.15) is 37.1 Å². The van der Waals surface area contributed by atoms with Crippen molar-refractivity contribution in [2.75, 3.05) is 13.1 Å². The van der Waals surface area contributed by atoms with Crippen molar-refractivity contribution in [1.82, 2.24) is 10.2 Å². The van der Waals surface area contributed by atoms with Gasteiger partial charge in [0.05, 0.1) is 18.2 Å². The van der Waals surface area contributed by atoms with E-state index in [0.717, 1.165) is 12.8 Å². The molecule has 7 nitrogen and oxygen atoms in total. The Morgan fingerprint density at radius 1 is 1.30 bits per heavy atom. The van der Waals surface area contributed by atoms with Crippen molar-refractivity contribution in [2.24, 2.45) is 10.3 Å². The SMILES string of the molecule is C[C@H](NC(=O)[C@H]1CCCN(C2=NS(=O)(=O)c3ccccc32)C1)c1ccco1. The Morgan fingerprint density at radius 3 is 2.89 bits per heavy atom. The van der Waals surface area contributed by atoms with E-state index in [2.05, 4.69) is 9.71 Å². The molecule has 1 fully saturated rings. The molecule has 8 heteroatoms. The molecule has 2 aliphatic rings. The maximum Gasteiger partial charge on any atom is 0.285 e. The number of piperidine rings is 1. The zero-order valence-electron chi connectivity index (χ0n) is 15.0. The average molecular weight is 387 g/mol. The van der Waals surface area contributed by atoms with Crippen molar-refractivity contribution < 1.29 is 17.6 Å². The van der Waals surface area contributed by atoms with Crippen molar-refractivity contribution in [3.05, 3.63) is 54.0 Å². The molecule has 1 aromatic carbocycles. The number of nitrogens with one attached hydrogen (secondary N) is 1. The summed E-state index contributed by atoms with van der Waals surface area (Å²) in [7, 11) is -3.66. The number of hydrogen-bond acceptors (Lipinski definition) is 5. The summed E-state index contributed by atoms with van der Waals surface area (Å²) < 4.78 is 33.9. The molecule has 4 rings (SSSR count). The third-order valence-corrected chi connectivity index (χ3v) is 6.36. The van der Waals surface area contributed by atoms with E-state index >= 15 is 0 Å². The van der Waals surface area contributed by atoms with Gasteiger partial charge in [0.15, 0.2) is 5.84 Å². The van der Waals surface area contributed by atoms with Crippen LogP contribution in [0.5, 0.6) is 0 Å². The molecule has 0 radical (unpaired) electrons. The highest BCUT2D eigenvalue weighted by Gasteiger charge is 2.35. The summed E-state index contributed by atoms with van der Waals surface area (Å²) in [5, 5.41) is 2.98. The molecule has 0 bridgehead atoms.